The van der Waals surface area contributed by atoms with Crippen LogP contribution < -0.4 is 16.8 Å². The van der Waals surface area contributed by atoms with E-state index in [4.69, 9.17) is 11.5 Å². The second-order valence-corrected chi connectivity index (χ2v) is 13.8. The number of nitrogens with two attached hydrogens (primary N) is 2. The summed E-state index contributed by atoms with van der Waals surface area (Å²) < 4.78 is 0. The number of nitrogens with one attached hydrogen (secondary N) is 1. The summed E-state index contributed by atoms with van der Waals surface area (Å²) in [6.07, 6.45) is 45.9. The van der Waals surface area contributed by atoms with Crippen molar-refractivity contribution < 1.29 is 0 Å². The topological polar surface area (TPSA) is 64.1 Å². The molecule has 3 atom stereocenters. The summed E-state index contributed by atoms with van der Waals surface area (Å²) in [5.74, 6) is 1.32. The molecule has 3 heteroatoms. The summed E-state index contributed by atoms with van der Waals surface area (Å²) in [6, 6.07) is 0.639. The molecule has 0 radical (unpaired) electrons. The first-order valence-corrected chi connectivity index (χ1v) is 18.5. The van der Waals surface area contributed by atoms with E-state index in [9.17, 15) is 0 Å². The Labute approximate surface area is 288 Å². The normalized spacial score (nSPS) is 23.7. The van der Waals surface area contributed by atoms with Crippen LogP contribution in [0.4, 0.5) is 0 Å². The number of hydrogen-bond acceptors (Lipinski definition) is 3. The molecular formula is C44H65N3. The van der Waals surface area contributed by atoms with E-state index >= 15 is 0 Å². The molecule has 0 heterocycles. The van der Waals surface area contributed by atoms with Crippen LogP contribution in [0.3, 0.4) is 0 Å². The fourth-order valence-electron chi connectivity index (χ4n) is 7.41. The van der Waals surface area contributed by atoms with E-state index in [0.717, 1.165) is 51.5 Å². The van der Waals surface area contributed by atoms with Crippen LogP contribution in [0.15, 0.2) is 131 Å². The Bertz CT molecular complexity index is 1300. The lowest BCUT2D eigenvalue weighted by Gasteiger charge is -2.30. The van der Waals surface area contributed by atoms with Crippen LogP contribution in [0.25, 0.3) is 0 Å². The molecule has 3 nitrogen and oxygen atoms in total. The predicted molar refractivity (Wildman–Crippen MR) is 208 cm³/mol. The lowest BCUT2D eigenvalue weighted by Crippen LogP contribution is -2.36. The standard InChI is InChI=1S/C44H65N3/c1-6-17-40(32-46)39-29-27-38(28-30-39)37(7-2)26-25-35(4)36(5)43-23-14-15-24-44(43)41(33-47-42-21-12-9-13-22-42)20-11-8-10-18-34(3)19-16-31-45/h7-8,10-11,14-16,19-20,23-24,29,31-32,38,41-42,44,47H,4,6,9,12-13,17-18,21-22,25-28,30,33,45-46H2,1-3,5H3/b10-8-,20-11+,31-16-,34-19+,37-7+,40-32+,43-36+. The van der Waals surface area contributed by atoms with Crippen molar-refractivity contribution in [3.63, 3.8) is 0 Å². The number of rotatable bonds is 17. The first kappa shape index (κ1) is 38.2. The van der Waals surface area contributed by atoms with Crippen LogP contribution in [-0.2, 0) is 0 Å². The molecule has 47 heavy (non-hydrogen) atoms. The van der Waals surface area contributed by atoms with E-state index in [-0.39, 0.29) is 0 Å². The Morgan fingerprint density at radius 2 is 1.83 bits per heavy atom. The highest BCUT2D eigenvalue weighted by Gasteiger charge is 2.25. The molecular weight excluding hydrogens is 571 g/mol. The van der Waals surface area contributed by atoms with Gasteiger partial charge in [-0.25, -0.2) is 0 Å². The molecule has 3 unspecified atom stereocenters. The molecule has 5 N–H and O–H groups in total. The van der Waals surface area contributed by atoms with Gasteiger partial charge in [-0.05, 0) is 131 Å². The Morgan fingerprint density at radius 1 is 1.02 bits per heavy atom. The summed E-state index contributed by atoms with van der Waals surface area (Å²) >= 11 is 0. The third-order valence-electron chi connectivity index (χ3n) is 10.4. The average Bonchev–Trinajstić information content (AvgIpc) is 3.11. The van der Waals surface area contributed by atoms with Gasteiger partial charge in [0, 0.05) is 18.5 Å². The highest BCUT2D eigenvalue weighted by Crippen LogP contribution is 2.37. The van der Waals surface area contributed by atoms with Gasteiger partial charge in [-0.3, -0.25) is 0 Å². The molecule has 3 aliphatic carbocycles. The van der Waals surface area contributed by atoms with Crippen LogP contribution >= 0.6 is 0 Å². The highest BCUT2D eigenvalue weighted by atomic mass is 14.9. The van der Waals surface area contributed by atoms with Gasteiger partial charge < -0.3 is 16.8 Å². The molecule has 256 valence electrons. The van der Waals surface area contributed by atoms with Crippen molar-refractivity contribution in [3.05, 3.63) is 131 Å². The molecule has 0 spiro atoms. The summed E-state index contributed by atoms with van der Waals surface area (Å²) in [5, 5.41) is 3.97. The lowest BCUT2D eigenvalue weighted by molar-refractivity contribution is 0.349. The van der Waals surface area contributed by atoms with Gasteiger partial charge in [0.05, 0.1) is 0 Å². The maximum absolute atomic E-state index is 5.97. The molecule has 0 aromatic heterocycles. The molecule has 0 saturated heterocycles. The Balaban J connectivity index is 1.71. The molecule has 3 aliphatic rings. The van der Waals surface area contributed by atoms with Crippen LogP contribution in [0, 0.1) is 17.8 Å². The van der Waals surface area contributed by atoms with Gasteiger partial charge in [-0.2, -0.15) is 0 Å². The third-order valence-corrected chi connectivity index (χ3v) is 10.4. The van der Waals surface area contributed by atoms with Gasteiger partial charge in [0.1, 0.15) is 0 Å². The van der Waals surface area contributed by atoms with Crippen molar-refractivity contribution in [3.8, 4) is 0 Å². The van der Waals surface area contributed by atoms with Crippen molar-refractivity contribution >= 4 is 0 Å². The van der Waals surface area contributed by atoms with E-state index in [0.29, 0.717) is 23.8 Å². The predicted octanol–water partition coefficient (Wildman–Crippen LogP) is 11.2. The second-order valence-electron chi connectivity index (χ2n) is 13.8. The molecule has 1 saturated carbocycles. The van der Waals surface area contributed by atoms with Crippen molar-refractivity contribution in [2.45, 2.75) is 117 Å². The van der Waals surface area contributed by atoms with E-state index in [1.807, 2.05) is 12.3 Å². The fraction of sp³-hybridized carbons (Fsp3) is 0.500. The van der Waals surface area contributed by atoms with Gasteiger partial charge in [0.25, 0.3) is 0 Å². The summed E-state index contributed by atoms with van der Waals surface area (Å²) in [7, 11) is 0. The zero-order valence-corrected chi connectivity index (χ0v) is 30.2. The highest BCUT2D eigenvalue weighted by molar-refractivity contribution is 5.45. The largest absolute Gasteiger partial charge is 0.405 e. The zero-order chi connectivity index (χ0) is 33.9. The van der Waals surface area contributed by atoms with Crippen LogP contribution in [0.1, 0.15) is 111 Å². The molecule has 0 aromatic rings. The minimum Gasteiger partial charge on any atom is -0.405 e. The Hall–Kier alpha value is -3.30. The molecule has 0 aliphatic heterocycles. The fourth-order valence-corrected chi connectivity index (χ4v) is 7.41. The van der Waals surface area contributed by atoms with Gasteiger partial charge in [0.15, 0.2) is 0 Å². The van der Waals surface area contributed by atoms with Crippen molar-refractivity contribution in [2.24, 2.45) is 29.2 Å². The van der Waals surface area contributed by atoms with Crippen LogP contribution in [0.5, 0.6) is 0 Å². The summed E-state index contributed by atoms with van der Waals surface area (Å²) in [5.41, 5.74) is 21.2. The first-order chi connectivity index (χ1) is 22.9. The smallest absolute Gasteiger partial charge is 0.00989 e. The van der Waals surface area contributed by atoms with E-state index < -0.39 is 0 Å². The van der Waals surface area contributed by atoms with Gasteiger partial charge >= 0.3 is 0 Å². The van der Waals surface area contributed by atoms with Crippen molar-refractivity contribution in [1.82, 2.24) is 5.32 Å². The minimum atomic E-state index is 0.324. The SMILES string of the molecule is C=C(CC/C(=C\C)C1CC=C(/C(=C/N)CCC)CC1)/C(C)=C1\C=CC=CC1C(/C=C/C=C\C/C(C)=C/C=C\N)CNC1CCCCC1. The average molecular weight is 636 g/mol. The number of allylic oxidation sites excluding steroid dienone is 18. The molecule has 1 fully saturated rings. The molecule has 0 amide bonds. The van der Waals surface area contributed by atoms with Gasteiger partial charge in [0.2, 0.25) is 0 Å². The van der Waals surface area contributed by atoms with Crippen molar-refractivity contribution in [1.29, 1.82) is 0 Å². The van der Waals surface area contributed by atoms with E-state index in [1.54, 1.807) is 11.8 Å². The molecule has 0 bridgehead atoms. The Kier molecular flexibility index (Phi) is 17.5. The quantitative estimate of drug-likeness (QED) is 0.110. The Morgan fingerprint density at radius 3 is 2.51 bits per heavy atom. The number of hydrogen-bond donors (Lipinski definition) is 3. The summed E-state index contributed by atoms with van der Waals surface area (Å²) in [4.78, 5) is 0. The maximum Gasteiger partial charge on any atom is 0.00989 e. The monoisotopic (exact) mass is 636 g/mol. The zero-order valence-electron chi connectivity index (χ0n) is 30.2. The van der Waals surface area contributed by atoms with Crippen LogP contribution in [-0.4, -0.2) is 12.6 Å². The van der Waals surface area contributed by atoms with Crippen molar-refractivity contribution in [2.75, 3.05) is 6.54 Å². The van der Waals surface area contributed by atoms with E-state index in [2.05, 4.69) is 106 Å². The van der Waals surface area contributed by atoms with E-state index in [1.165, 1.54) is 72.0 Å². The minimum absolute atomic E-state index is 0.324. The first-order valence-electron chi connectivity index (χ1n) is 18.5. The third kappa shape index (κ3) is 12.7. The summed E-state index contributed by atoms with van der Waals surface area (Å²) in [6.45, 7) is 14.5. The lowest BCUT2D eigenvalue weighted by atomic mass is 9.78. The molecule has 3 rings (SSSR count). The van der Waals surface area contributed by atoms with Gasteiger partial charge in [-0.1, -0.05) is 123 Å². The molecule has 0 aromatic carbocycles. The van der Waals surface area contributed by atoms with Gasteiger partial charge in [-0.15, -0.1) is 0 Å². The van der Waals surface area contributed by atoms with Crippen LogP contribution in [0.2, 0.25) is 0 Å². The second kappa shape index (κ2) is 21.5. The maximum atomic E-state index is 5.97.